The first-order valence-corrected chi connectivity index (χ1v) is 9.53. The summed E-state index contributed by atoms with van der Waals surface area (Å²) < 4.78 is 1.70. The lowest BCUT2D eigenvalue weighted by molar-refractivity contribution is 0.0290. The van der Waals surface area contributed by atoms with Gasteiger partial charge < -0.3 is 15.7 Å². The zero-order chi connectivity index (χ0) is 19.9. The molecule has 9 heteroatoms. The number of hydrogen-bond donors (Lipinski definition) is 3. The summed E-state index contributed by atoms with van der Waals surface area (Å²) in [7, 11) is 0. The Labute approximate surface area is 188 Å². The highest BCUT2D eigenvalue weighted by atomic mass is 35.5. The fourth-order valence-corrected chi connectivity index (χ4v) is 4.11. The molecular formula is C21H27Cl2N5O2. The normalized spacial score (nSPS) is 20.9. The molecule has 162 valence electrons. The average molecular weight is 452 g/mol. The van der Waals surface area contributed by atoms with Crippen LogP contribution in [0, 0.1) is 20.8 Å². The van der Waals surface area contributed by atoms with Crippen LogP contribution >= 0.6 is 24.8 Å². The maximum atomic E-state index is 13.4. The molecule has 3 aromatic rings. The largest absolute Gasteiger partial charge is 0.389 e. The van der Waals surface area contributed by atoms with E-state index in [0.29, 0.717) is 36.4 Å². The van der Waals surface area contributed by atoms with E-state index in [2.05, 4.69) is 20.7 Å². The molecule has 0 radical (unpaired) electrons. The third-order valence-corrected chi connectivity index (χ3v) is 5.53. The van der Waals surface area contributed by atoms with Gasteiger partial charge >= 0.3 is 0 Å². The van der Waals surface area contributed by atoms with E-state index in [0.717, 1.165) is 17.0 Å². The monoisotopic (exact) mass is 451 g/mol. The fraction of sp³-hybridized carbons (Fsp3) is 0.381. The van der Waals surface area contributed by atoms with Crippen LogP contribution in [0.4, 0.5) is 0 Å². The van der Waals surface area contributed by atoms with E-state index in [1.165, 1.54) is 0 Å². The van der Waals surface area contributed by atoms with Crippen molar-refractivity contribution < 1.29 is 9.90 Å². The van der Waals surface area contributed by atoms with Gasteiger partial charge in [0.05, 0.1) is 17.3 Å². The van der Waals surface area contributed by atoms with E-state index >= 15 is 0 Å². The summed E-state index contributed by atoms with van der Waals surface area (Å²) in [4.78, 5) is 18.0. The lowest BCUT2D eigenvalue weighted by Gasteiger charge is -2.43. The van der Waals surface area contributed by atoms with Crippen LogP contribution in [0.15, 0.2) is 36.4 Å². The van der Waals surface area contributed by atoms with Crippen molar-refractivity contribution in [1.82, 2.24) is 25.2 Å². The molecule has 1 aromatic carbocycles. The predicted octanol–water partition coefficient (Wildman–Crippen LogP) is 2.48. The Morgan fingerprint density at radius 3 is 2.60 bits per heavy atom. The minimum atomic E-state index is -0.858. The number of nitrogens with zero attached hydrogens (tertiary/aromatic N) is 3. The minimum absolute atomic E-state index is 0. The Hall–Kier alpha value is -2.19. The van der Waals surface area contributed by atoms with Gasteiger partial charge in [0, 0.05) is 17.9 Å². The van der Waals surface area contributed by atoms with Gasteiger partial charge in [-0.25, -0.2) is 9.50 Å². The number of aliphatic hydroxyl groups is 1. The van der Waals surface area contributed by atoms with Crippen LogP contribution in [0.25, 0.3) is 5.65 Å². The van der Waals surface area contributed by atoms with Gasteiger partial charge in [-0.15, -0.1) is 24.8 Å². The zero-order valence-corrected chi connectivity index (χ0v) is 18.8. The van der Waals surface area contributed by atoms with Crippen molar-refractivity contribution in [3.8, 4) is 0 Å². The van der Waals surface area contributed by atoms with Gasteiger partial charge in [-0.1, -0.05) is 30.3 Å². The highest BCUT2D eigenvalue weighted by Gasteiger charge is 2.43. The summed E-state index contributed by atoms with van der Waals surface area (Å²) in [5.41, 5.74) is 3.40. The number of carbonyl (C=O) groups is 1. The number of aryl methyl sites for hydroxylation is 3. The first-order valence-electron chi connectivity index (χ1n) is 9.53. The van der Waals surface area contributed by atoms with Gasteiger partial charge in [0.15, 0.2) is 5.65 Å². The van der Waals surface area contributed by atoms with Crippen LogP contribution in [0.2, 0.25) is 0 Å². The standard InChI is InChI=1S/C21H25N5O2.2ClH/c1-13-11-14(2)26-19(23-13)18(15(3)25-26)20(28)24-21(9-10-22-12-17(21)27)16-7-5-4-6-8-16;;/h4-8,11,17,22,27H,9-10,12H2,1-3H3,(H,24,28);2*1H/t17-,21-;;/m1../s1. The number of aliphatic hydroxyl groups excluding tert-OH is 1. The number of β-amino-alcohol motifs (C(OH)–C–C–N with tert-alkyl or cyclic N) is 1. The molecule has 0 unspecified atom stereocenters. The molecule has 1 fully saturated rings. The van der Waals surface area contributed by atoms with Crippen molar-refractivity contribution in [3.63, 3.8) is 0 Å². The molecule has 0 aliphatic carbocycles. The number of benzene rings is 1. The van der Waals surface area contributed by atoms with Crippen molar-refractivity contribution in [2.75, 3.05) is 13.1 Å². The number of fused-ring (bicyclic) bond motifs is 1. The Kier molecular flexibility index (Phi) is 7.47. The highest BCUT2D eigenvalue weighted by Crippen LogP contribution is 2.32. The number of amides is 1. The van der Waals surface area contributed by atoms with Crippen molar-refractivity contribution in [2.45, 2.75) is 38.8 Å². The zero-order valence-electron chi connectivity index (χ0n) is 17.2. The third-order valence-electron chi connectivity index (χ3n) is 5.53. The van der Waals surface area contributed by atoms with Gasteiger partial charge in [-0.2, -0.15) is 5.10 Å². The molecule has 0 saturated carbocycles. The number of halogens is 2. The summed E-state index contributed by atoms with van der Waals surface area (Å²) in [5, 5.41) is 21.7. The van der Waals surface area contributed by atoms with E-state index in [4.69, 9.17) is 0 Å². The molecule has 0 spiro atoms. The van der Waals surface area contributed by atoms with Crippen LogP contribution in [-0.2, 0) is 5.54 Å². The second-order valence-corrected chi connectivity index (χ2v) is 7.50. The first kappa shape index (κ1) is 24.1. The average Bonchev–Trinajstić information content (AvgIpc) is 3.00. The maximum Gasteiger partial charge on any atom is 0.257 e. The topological polar surface area (TPSA) is 91.6 Å². The molecule has 1 amide bonds. The van der Waals surface area contributed by atoms with Gasteiger partial charge in [0.2, 0.25) is 0 Å². The van der Waals surface area contributed by atoms with Crippen LogP contribution in [0.5, 0.6) is 0 Å². The van der Waals surface area contributed by atoms with E-state index in [9.17, 15) is 9.90 Å². The van der Waals surface area contributed by atoms with Crippen LogP contribution in [-0.4, -0.2) is 44.8 Å². The van der Waals surface area contributed by atoms with Crippen molar-refractivity contribution in [2.24, 2.45) is 0 Å². The van der Waals surface area contributed by atoms with Crippen LogP contribution in [0.1, 0.15) is 39.4 Å². The van der Waals surface area contributed by atoms with Crippen LogP contribution in [0.3, 0.4) is 0 Å². The van der Waals surface area contributed by atoms with E-state index in [-0.39, 0.29) is 30.7 Å². The molecular weight excluding hydrogens is 425 g/mol. The summed E-state index contributed by atoms with van der Waals surface area (Å²) in [6.07, 6.45) is -0.153. The molecule has 1 saturated heterocycles. The van der Waals surface area contributed by atoms with Gasteiger partial charge in [0.1, 0.15) is 5.56 Å². The quantitative estimate of drug-likeness (QED) is 0.568. The Morgan fingerprint density at radius 1 is 1.23 bits per heavy atom. The van der Waals surface area contributed by atoms with Gasteiger partial charge in [-0.05, 0) is 45.4 Å². The maximum absolute atomic E-state index is 13.4. The van der Waals surface area contributed by atoms with E-state index < -0.39 is 11.6 Å². The Bertz CT molecular complexity index is 1040. The fourth-order valence-electron chi connectivity index (χ4n) is 4.11. The Balaban J connectivity index is 0.00000160. The SMILES string of the molecule is Cc1cc(C)n2nc(C)c(C(=O)N[C@@]3(c4ccccc4)CCNC[C@H]3O)c2n1.Cl.Cl. The summed E-state index contributed by atoms with van der Waals surface area (Å²) in [6.45, 7) is 6.78. The lowest BCUT2D eigenvalue weighted by Crippen LogP contribution is -2.61. The molecule has 30 heavy (non-hydrogen) atoms. The predicted molar refractivity (Wildman–Crippen MR) is 121 cm³/mol. The van der Waals surface area contributed by atoms with Crippen molar-refractivity contribution in [1.29, 1.82) is 0 Å². The van der Waals surface area contributed by atoms with Crippen molar-refractivity contribution in [3.05, 3.63) is 64.6 Å². The summed E-state index contributed by atoms with van der Waals surface area (Å²) >= 11 is 0. The molecule has 1 aliphatic rings. The number of hydrogen-bond acceptors (Lipinski definition) is 5. The molecule has 4 rings (SSSR count). The smallest absolute Gasteiger partial charge is 0.257 e. The number of piperidine rings is 1. The Morgan fingerprint density at radius 2 is 1.93 bits per heavy atom. The molecule has 2 aromatic heterocycles. The number of aromatic nitrogens is 3. The van der Waals surface area contributed by atoms with E-state index in [1.807, 2.05) is 57.2 Å². The first-order chi connectivity index (χ1) is 13.4. The number of carbonyl (C=O) groups excluding carboxylic acids is 1. The van der Waals surface area contributed by atoms with Gasteiger partial charge in [-0.3, -0.25) is 4.79 Å². The molecule has 7 nitrogen and oxygen atoms in total. The molecule has 2 atom stereocenters. The van der Waals surface area contributed by atoms with Crippen molar-refractivity contribution >= 4 is 36.4 Å². The highest BCUT2D eigenvalue weighted by molar-refractivity contribution is 6.01. The molecule has 3 heterocycles. The molecule has 1 aliphatic heterocycles. The molecule has 0 bridgehead atoms. The molecule has 3 N–H and O–H groups in total. The summed E-state index contributed by atoms with van der Waals surface area (Å²) in [6, 6.07) is 11.6. The van der Waals surface area contributed by atoms with E-state index in [1.54, 1.807) is 4.52 Å². The third kappa shape index (κ3) is 4.03. The van der Waals surface area contributed by atoms with Gasteiger partial charge in [0.25, 0.3) is 5.91 Å². The second kappa shape index (κ2) is 9.31. The lowest BCUT2D eigenvalue weighted by atomic mass is 9.79. The number of rotatable bonds is 3. The second-order valence-electron chi connectivity index (χ2n) is 7.50. The minimum Gasteiger partial charge on any atom is -0.389 e. The number of nitrogens with one attached hydrogen (secondary N) is 2. The summed E-state index contributed by atoms with van der Waals surface area (Å²) in [5.74, 6) is -0.269. The van der Waals surface area contributed by atoms with Crippen LogP contribution < -0.4 is 10.6 Å².